The van der Waals surface area contributed by atoms with Crippen molar-refractivity contribution >= 4 is 41.4 Å². The van der Waals surface area contributed by atoms with Crippen molar-refractivity contribution in [3.8, 4) is 0 Å². The number of hydrogen-bond donors (Lipinski definition) is 0. The number of alkyl halides is 6. The van der Waals surface area contributed by atoms with E-state index in [0.717, 1.165) is 11.3 Å². The standard InChI is InChI=1S/C23H38P2.2CHF3O3S.4H2O.Pd/c1-22(2,3)24(23(4,5)6)17-18-11-7-8-16-21(18)25-19-12-9-13-20(25)15-10-14-19;2*2-1(3,4)8(5,6)7;;;;;/h7-8,11,16,19-20H,9-10,12-15,17H2,1-6H3;2*(H,5,6,7);4*1H2;/q;;;;;;;+2/p+2. The van der Waals surface area contributed by atoms with E-state index >= 15 is 0 Å². The third-order valence-corrected chi connectivity index (χ3v) is 16.7. The normalized spacial score (nSPS) is 19.8. The van der Waals surface area contributed by atoms with Crippen LogP contribution in [0.4, 0.5) is 26.3 Å². The van der Waals surface area contributed by atoms with Gasteiger partial charge in [-0.15, -0.1) is 0 Å². The van der Waals surface area contributed by atoms with E-state index in [9.17, 15) is 26.3 Å². The smallest absolute Gasteiger partial charge is 0.741 e. The van der Waals surface area contributed by atoms with Gasteiger partial charge in [-0.25, -0.2) is 16.8 Å². The van der Waals surface area contributed by atoms with Crippen LogP contribution in [-0.2, 0) is 57.8 Å². The third kappa shape index (κ3) is 17.1. The maximum atomic E-state index is 10.7. The molecule has 2 fully saturated rings. The van der Waals surface area contributed by atoms with Crippen LogP contribution in [0.3, 0.4) is 0 Å². The summed E-state index contributed by atoms with van der Waals surface area (Å²) in [7, 11) is -13.0. The van der Waals surface area contributed by atoms with Gasteiger partial charge in [0.15, 0.2) is 20.2 Å². The first-order chi connectivity index (χ1) is 18.2. The van der Waals surface area contributed by atoms with Gasteiger partial charge in [0.05, 0.1) is 33.1 Å². The van der Waals surface area contributed by atoms with Gasteiger partial charge in [-0.3, -0.25) is 0 Å². The van der Waals surface area contributed by atoms with Crippen LogP contribution in [0.2, 0.25) is 0 Å². The van der Waals surface area contributed by atoms with E-state index in [2.05, 4.69) is 65.8 Å². The number of rotatable bonds is 3. The zero-order valence-electron chi connectivity index (χ0n) is 26.4. The van der Waals surface area contributed by atoms with Gasteiger partial charge in [0.1, 0.15) is 0 Å². The molecule has 0 saturated carbocycles. The van der Waals surface area contributed by atoms with Gasteiger partial charge in [-0.05, 0) is 86.1 Å². The van der Waals surface area contributed by atoms with E-state index in [1.165, 1.54) is 44.7 Å². The van der Waals surface area contributed by atoms with E-state index in [0.29, 0.717) is 10.3 Å². The molecule has 46 heavy (non-hydrogen) atoms. The number of fused-ring (bicyclic) bond motifs is 2. The Morgan fingerprint density at radius 1 is 0.717 bits per heavy atom. The second-order valence-corrected chi connectivity index (χ2v) is 22.5. The minimum Gasteiger partial charge on any atom is -0.741 e. The fourth-order valence-corrected chi connectivity index (χ4v) is 14.3. The van der Waals surface area contributed by atoms with Crippen LogP contribution in [0.15, 0.2) is 24.3 Å². The summed E-state index contributed by atoms with van der Waals surface area (Å²) >= 11 is 0. The maximum Gasteiger partial charge on any atom is 2.00 e. The van der Waals surface area contributed by atoms with Crippen LogP contribution in [0.1, 0.15) is 85.6 Å². The Labute approximate surface area is 283 Å². The molecule has 1 aromatic carbocycles. The van der Waals surface area contributed by atoms with Crippen LogP contribution in [0.25, 0.3) is 0 Å². The Morgan fingerprint density at radius 3 is 1.26 bits per heavy atom. The minimum absolute atomic E-state index is 0. The summed E-state index contributed by atoms with van der Waals surface area (Å²) in [5.41, 5.74) is -7.41. The average Bonchev–Trinajstić information content (AvgIpc) is 2.74. The van der Waals surface area contributed by atoms with Crippen molar-refractivity contribution in [2.24, 2.45) is 0 Å². The van der Waals surface area contributed by atoms with Crippen LogP contribution in [0, 0.1) is 0 Å². The number of halogens is 6. The van der Waals surface area contributed by atoms with Crippen LogP contribution >= 0.6 is 15.8 Å². The van der Waals surface area contributed by atoms with Gasteiger partial charge in [0.2, 0.25) is 0 Å². The quantitative estimate of drug-likeness (QED) is 0.110. The summed E-state index contributed by atoms with van der Waals surface area (Å²) in [5, 5.41) is 2.75. The molecule has 21 heteroatoms. The van der Waals surface area contributed by atoms with Crippen LogP contribution < -0.4 is 5.30 Å². The van der Waals surface area contributed by atoms with E-state index < -0.39 is 39.2 Å². The fourth-order valence-electron chi connectivity index (χ4n) is 5.71. The summed E-state index contributed by atoms with van der Waals surface area (Å²) < 4.78 is 118. The Bertz CT molecular complexity index is 1150. The van der Waals surface area contributed by atoms with Crippen molar-refractivity contribution in [3.05, 3.63) is 29.8 Å². The van der Waals surface area contributed by atoms with Gasteiger partial charge in [-0.2, -0.15) is 26.3 Å². The van der Waals surface area contributed by atoms with Gasteiger partial charge in [0, 0.05) is 21.4 Å². The van der Waals surface area contributed by atoms with E-state index in [-0.39, 0.29) is 50.2 Å². The molecular formula is C25H50F6O10P2PdS2+4. The molecule has 0 atom stereocenters. The summed E-state index contributed by atoms with van der Waals surface area (Å²) in [4.78, 5) is 0. The van der Waals surface area contributed by atoms with Crippen molar-refractivity contribution in [2.45, 2.75) is 119 Å². The summed E-state index contributed by atoms with van der Waals surface area (Å²) in [6.07, 6.45) is 10.5. The molecule has 2 bridgehead atoms. The van der Waals surface area contributed by atoms with Crippen molar-refractivity contribution in [2.75, 3.05) is 0 Å². The topological polar surface area (TPSA) is 243 Å². The van der Waals surface area contributed by atoms with Crippen LogP contribution in [-0.4, -0.2) is 69.5 Å². The van der Waals surface area contributed by atoms with Crippen molar-refractivity contribution < 1.29 is 94.6 Å². The second-order valence-electron chi connectivity index (χ2n) is 12.3. The first kappa shape index (κ1) is 55.4. The predicted octanol–water partition coefficient (Wildman–Crippen LogP) is 3.55. The zero-order chi connectivity index (χ0) is 32.2. The molecular weight excluding hydrogens is 807 g/mol. The van der Waals surface area contributed by atoms with E-state index in [4.69, 9.17) is 25.9 Å². The summed E-state index contributed by atoms with van der Waals surface area (Å²) in [5.74, 6) is 0. The molecule has 2 saturated heterocycles. The molecule has 280 valence electrons. The van der Waals surface area contributed by atoms with Gasteiger partial charge in [0.25, 0.3) is 0 Å². The Morgan fingerprint density at radius 2 is 1.00 bits per heavy atom. The molecule has 0 radical (unpaired) electrons. The molecule has 10 nitrogen and oxygen atoms in total. The maximum absolute atomic E-state index is 10.7. The average molecular weight is 857 g/mol. The molecule has 3 rings (SSSR count). The molecule has 2 aliphatic rings. The molecule has 0 unspecified atom stereocenters. The van der Waals surface area contributed by atoms with Crippen molar-refractivity contribution in [3.63, 3.8) is 0 Å². The van der Waals surface area contributed by atoms with E-state index in [1.54, 1.807) is 5.56 Å². The first-order valence-electron chi connectivity index (χ1n) is 13.0. The molecule has 0 amide bonds. The Hall–Kier alpha value is -0.0177. The SMILES string of the molecule is CC(C)(C)[PH+](Cc1ccccc1[PH+]1C2CCCC1CCC2)C(C)(C)C.O.O.O=S(=O)([O-])C(F)(F)F.O=S(=O)([O-])C(F)(F)F.[OH3+].[OH3+].[Pd+2]. The van der Waals surface area contributed by atoms with Gasteiger partial charge in [-0.1, -0.05) is 18.2 Å². The fraction of sp³-hybridized carbons (Fsp3) is 0.760. The second kappa shape index (κ2) is 20.6. The van der Waals surface area contributed by atoms with Crippen molar-refractivity contribution in [1.29, 1.82) is 0 Å². The van der Waals surface area contributed by atoms with Crippen molar-refractivity contribution in [1.82, 2.24) is 0 Å². The third-order valence-electron chi connectivity index (χ3n) is 7.16. The molecule has 2 heterocycles. The van der Waals surface area contributed by atoms with Gasteiger partial charge >= 0.3 is 31.4 Å². The van der Waals surface area contributed by atoms with E-state index in [1.807, 2.05) is 5.30 Å². The molecule has 0 spiro atoms. The first-order valence-corrected chi connectivity index (χ1v) is 19.2. The molecule has 1 aromatic rings. The minimum atomic E-state index is -6.09. The zero-order valence-corrected chi connectivity index (χ0v) is 31.6. The predicted molar refractivity (Wildman–Crippen MR) is 170 cm³/mol. The number of hydrogen-bond acceptors (Lipinski definition) is 6. The largest absolute Gasteiger partial charge is 2.00 e. The summed E-state index contributed by atoms with van der Waals surface area (Å²) in [6, 6.07) is 9.69. The number of benzene rings is 1. The molecule has 10 N–H and O–H groups in total. The molecule has 2 aliphatic heterocycles. The Kier molecular flexibility index (Phi) is 24.8. The monoisotopic (exact) mass is 856 g/mol. The van der Waals surface area contributed by atoms with Crippen LogP contribution in [0.5, 0.6) is 0 Å². The summed E-state index contributed by atoms with van der Waals surface area (Å²) in [6.45, 7) is 14.9. The molecule has 0 aliphatic carbocycles. The Balaban J connectivity index is -0.000000226. The molecule has 0 aromatic heterocycles. The van der Waals surface area contributed by atoms with Gasteiger partial charge < -0.3 is 31.0 Å².